The Morgan fingerprint density at radius 2 is 2.11 bits per heavy atom. The molecule has 0 saturated heterocycles. The molecule has 0 unspecified atom stereocenters. The number of nitrogens with zero attached hydrogens (tertiary/aromatic N) is 1. The molecule has 0 amide bonds. The predicted octanol–water partition coefficient (Wildman–Crippen LogP) is 4.41. The van der Waals surface area contributed by atoms with Crippen molar-refractivity contribution in [2.45, 2.75) is 26.7 Å². The Hall–Kier alpha value is -1.35. The summed E-state index contributed by atoms with van der Waals surface area (Å²) in [6, 6.07) is 4.85. The van der Waals surface area contributed by atoms with Crippen LogP contribution in [0, 0.1) is 5.82 Å². The van der Waals surface area contributed by atoms with Gasteiger partial charge in [0.1, 0.15) is 17.2 Å². The van der Waals surface area contributed by atoms with Crippen LogP contribution in [0.2, 0.25) is 5.02 Å². The zero-order valence-corrected chi connectivity index (χ0v) is 11.3. The van der Waals surface area contributed by atoms with E-state index in [1.165, 1.54) is 6.07 Å². The summed E-state index contributed by atoms with van der Waals surface area (Å²) in [6.45, 7) is 4.96. The zero-order valence-electron chi connectivity index (χ0n) is 10.6. The van der Waals surface area contributed by atoms with Gasteiger partial charge in [0.05, 0.1) is 5.02 Å². The fraction of sp³-hybridized carbons (Fsp3) is 0.357. The molecule has 1 heterocycles. The summed E-state index contributed by atoms with van der Waals surface area (Å²) in [7, 11) is 0. The lowest BCUT2D eigenvalue weighted by Crippen LogP contribution is -2.05. The maximum absolute atomic E-state index is 13.8. The highest BCUT2D eigenvalue weighted by Crippen LogP contribution is 2.28. The van der Waals surface area contributed by atoms with E-state index >= 15 is 0 Å². The van der Waals surface area contributed by atoms with Crippen LogP contribution < -0.4 is 5.32 Å². The number of aryl methyl sites for hydroxylation is 1. The molecule has 96 valence electrons. The van der Waals surface area contributed by atoms with Gasteiger partial charge in [0.2, 0.25) is 0 Å². The summed E-state index contributed by atoms with van der Waals surface area (Å²) in [5, 5.41) is 4.45. The fourth-order valence-electron chi connectivity index (χ4n) is 1.90. The van der Waals surface area contributed by atoms with Gasteiger partial charge < -0.3 is 5.32 Å². The van der Waals surface area contributed by atoms with Crippen LogP contribution in [-0.2, 0) is 6.42 Å². The average Bonchev–Trinajstić information content (AvgIpc) is 2.40. The lowest BCUT2D eigenvalue weighted by molar-refractivity contribution is 0.637. The summed E-state index contributed by atoms with van der Waals surface area (Å²) in [4.78, 5) is 4.37. The summed E-state index contributed by atoms with van der Waals surface area (Å²) in [5.41, 5.74) is 1.39. The molecule has 1 aromatic carbocycles. The quantitative estimate of drug-likeness (QED) is 0.887. The Kier molecular flexibility index (Phi) is 4.02. The second kappa shape index (κ2) is 5.53. The van der Waals surface area contributed by atoms with Gasteiger partial charge in [-0.25, -0.2) is 9.37 Å². The molecule has 18 heavy (non-hydrogen) atoms. The van der Waals surface area contributed by atoms with Gasteiger partial charge in [-0.15, -0.1) is 0 Å². The van der Waals surface area contributed by atoms with Crippen LogP contribution in [0.1, 0.15) is 25.8 Å². The first kappa shape index (κ1) is 13.1. The second-order valence-electron chi connectivity index (χ2n) is 4.20. The first-order valence-electron chi connectivity index (χ1n) is 6.18. The summed E-state index contributed by atoms with van der Waals surface area (Å²) in [5.74, 6) is 0.421. The normalized spacial score (nSPS) is 10.9. The highest BCUT2D eigenvalue weighted by atomic mass is 35.5. The summed E-state index contributed by atoms with van der Waals surface area (Å²) >= 11 is 6.09. The Labute approximate surface area is 111 Å². The van der Waals surface area contributed by atoms with Crippen molar-refractivity contribution < 1.29 is 4.39 Å². The largest absolute Gasteiger partial charge is 0.370 e. The Morgan fingerprint density at radius 3 is 2.78 bits per heavy atom. The van der Waals surface area contributed by atoms with E-state index < -0.39 is 0 Å². The highest BCUT2D eigenvalue weighted by Gasteiger charge is 2.11. The van der Waals surface area contributed by atoms with Crippen LogP contribution in [0.25, 0.3) is 10.9 Å². The van der Waals surface area contributed by atoms with E-state index in [9.17, 15) is 4.39 Å². The average molecular weight is 267 g/mol. The maximum Gasteiger partial charge on any atom is 0.149 e. The van der Waals surface area contributed by atoms with Crippen molar-refractivity contribution in [3.8, 4) is 0 Å². The van der Waals surface area contributed by atoms with Crippen molar-refractivity contribution in [3.63, 3.8) is 0 Å². The summed E-state index contributed by atoms with van der Waals surface area (Å²) < 4.78 is 13.8. The zero-order chi connectivity index (χ0) is 13.1. The molecule has 0 fully saturated rings. The minimum absolute atomic E-state index is 0.332. The van der Waals surface area contributed by atoms with E-state index in [4.69, 9.17) is 11.6 Å². The SMILES string of the molecule is CCCNc1nc2c(F)ccc(Cl)c2cc1CC. The number of aromatic nitrogens is 1. The molecule has 0 saturated carbocycles. The van der Waals surface area contributed by atoms with Crippen LogP contribution >= 0.6 is 11.6 Å². The highest BCUT2D eigenvalue weighted by molar-refractivity contribution is 6.35. The molecule has 0 atom stereocenters. The van der Waals surface area contributed by atoms with Gasteiger partial charge in [0.15, 0.2) is 0 Å². The van der Waals surface area contributed by atoms with E-state index in [1.807, 2.05) is 13.0 Å². The fourth-order valence-corrected chi connectivity index (χ4v) is 2.11. The topological polar surface area (TPSA) is 24.9 Å². The molecule has 1 aromatic heterocycles. The molecule has 0 radical (unpaired) electrons. The lowest BCUT2D eigenvalue weighted by atomic mass is 10.1. The van der Waals surface area contributed by atoms with Crippen LogP contribution in [0.5, 0.6) is 0 Å². The Balaban J connectivity index is 2.61. The third kappa shape index (κ3) is 2.41. The lowest BCUT2D eigenvalue weighted by Gasteiger charge is -2.12. The monoisotopic (exact) mass is 266 g/mol. The number of benzene rings is 1. The van der Waals surface area contributed by atoms with E-state index in [-0.39, 0.29) is 5.82 Å². The van der Waals surface area contributed by atoms with E-state index in [0.29, 0.717) is 15.9 Å². The molecule has 0 aliphatic heterocycles. The number of hydrogen-bond acceptors (Lipinski definition) is 2. The number of fused-ring (bicyclic) bond motifs is 1. The third-order valence-electron chi connectivity index (χ3n) is 2.88. The van der Waals surface area contributed by atoms with Gasteiger partial charge in [0, 0.05) is 11.9 Å². The van der Waals surface area contributed by atoms with Crippen molar-refractivity contribution >= 4 is 28.3 Å². The van der Waals surface area contributed by atoms with Gasteiger partial charge in [0.25, 0.3) is 0 Å². The molecule has 2 aromatic rings. The number of halogens is 2. The first-order valence-corrected chi connectivity index (χ1v) is 6.56. The molecule has 0 spiro atoms. The van der Waals surface area contributed by atoms with Crippen molar-refractivity contribution in [2.75, 3.05) is 11.9 Å². The van der Waals surface area contributed by atoms with E-state index in [0.717, 1.165) is 30.8 Å². The minimum Gasteiger partial charge on any atom is -0.370 e. The molecular weight excluding hydrogens is 251 g/mol. The number of hydrogen-bond donors (Lipinski definition) is 1. The summed E-state index contributed by atoms with van der Waals surface area (Å²) in [6.07, 6.45) is 1.84. The van der Waals surface area contributed by atoms with E-state index in [2.05, 4.69) is 17.2 Å². The second-order valence-corrected chi connectivity index (χ2v) is 4.61. The van der Waals surface area contributed by atoms with E-state index in [1.54, 1.807) is 6.07 Å². The predicted molar refractivity (Wildman–Crippen MR) is 74.9 cm³/mol. The molecule has 4 heteroatoms. The van der Waals surface area contributed by atoms with Crippen LogP contribution in [0.3, 0.4) is 0 Å². The maximum atomic E-state index is 13.8. The van der Waals surface area contributed by atoms with Gasteiger partial charge in [-0.05, 0) is 36.6 Å². The number of pyridine rings is 1. The van der Waals surface area contributed by atoms with Crippen molar-refractivity contribution in [2.24, 2.45) is 0 Å². The molecule has 1 N–H and O–H groups in total. The standard InChI is InChI=1S/C14H16ClFN2/c1-3-7-17-14-9(4-2)8-10-11(15)5-6-12(16)13(10)18-14/h5-6,8H,3-4,7H2,1-2H3,(H,17,18). The Morgan fingerprint density at radius 1 is 1.33 bits per heavy atom. The van der Waals surface area contributed by atoms with Crippen LogP contribution in [-0.4, -0.2) is 11.5 Å². The van der Waals surface area contributed by atoms with Gasteiger partial charge >= 0.3 is 0 Å². The minimum atomic E-state index is -0.336. The van der Waals surface area contributed by atoms with Crippen LogP contribution in [0.4, 0.5) is 10.2 Å². The molecule has 2 rings (SSSR count). The van der Waals surface area contributed by atoms with Crippen molar-refractivity contribution in [1.82, 2.24) is 4.98 Å². The van der Waals surface area contributed by atoms with Crippen LogP contribution in [0.15, 0.2) is 18.2 Å². The Bertz CT molecular complexity index is 569. The van der Waals surface area contributed by atoms with Crippen molar-refractivity contribution in [1.29, 1.82) is 0 Å². The number of nitrogens with one attached hydrogen (secondary N) is 1. The molecule has 0 aliphatic carbocycles. The first-order chi connectivity index (χ1) is 8.67. The number of rotatable bonds is 4. The molecule has 0 aliphatic rings. The van der Waals surface area contributed by atoms with Crippen molar-refractivity contribution in [3.05, 3.63) is 34.6 Å². The third-order valence-corrected chi connectivity index (χ3v) is 3.21. The molecule has 0 bridgehead atoms. The smallest absolute Gasteiger partial charge is 0.149 e. The van der Waals surface area contributed by atoms with Gasteiger partial charge in [-0.1, -0.05) is 25.4 Å². The number of anilines is 1. The van der Waals surface area contributed by atoms with Gasteiger partial charge in [-0.2, -0.15) is 0 Å². The van der Waals surface area contributed by atoms with Gasteiger partial charge in [-0.3, -0.25) is 0 Å². The molecular formula is C14H16ClFN2. The molecule has 2 nitrogen and oxygen atoms in total.